The molecule has 0 saturated carbocycles. The summed E-state index contributed by atoms with van der Waals surface area (Å²) in [5.41, 5.74) is 1.35. The van der Waals surface area contributed by atoms with Crippen LogP contribution < -0.4 is 0 Å². The molecule has 1 heterocycles. The van der Waals surface area contributed by atoms with Crippen LogP contribution in [0, 0.1) is 0 Å². The minimum Gasteiger partial charge on any atom is -0.378 e. The molecule has 0 bridgehead atoms. The minimum absolute atomic E-state index is 1.01. The van der Waals surface area contributed by atoms with Gasteiger partial charge in [-0.3, -0.25) is 0 Å². The molecule has 1 aromatic rings. The lowest BCUT2D eigenvalue weighted by Crippen LogP contribution is -2.10. The van der Waals surface area contributed by atoms with Gasteiger partial charge in [0.25, 0.3) is 0 Å². The van der Waals surface area contributed by atoms with Gasteiger partial charge in [0.2, 0.25) is 0 Å². The van der Waals surface area contributed by atoms with Gasteiger partial charge in [0, 0.05) is 17.6 Å². The Morgan fingerprint density at radius 2 is 1.93 bits per heavy atom. The molecule has 0 radical (unpaired) electrons. The SMILES string of the molecule is Brc1ccccc1C/C=C/N1CCCC1. The summed E-state index contributed by atoms with van der Waals surface area (Å²) in [6, 6.07) is 8.40. The van der Waals surface area contributed by atoms with Gasteiger partial charge in [0.1, 0.15) is 0 Å². The third-order valence-corrected chi connectivity index (χ3v) is 3.53. The molecule has 15 heavy (non-hydrogen) atoms. The molecule has 0 spiro atoms. The predicted octanol–water partition coefficient (Wildman–Crippen LogP) is 3.60. The van der Waals surface area contributed by atoms with Crippen molar-refractivity contribution in [2.45, 2.75) is 19.3 Å². The quantitative estimate of drug-likeness (QED) is 0.808. The number of halogens is 1. The third-order valence-electron chi connectivity index (χ3n) is 2.75. The fraction of sp³-hybridized carbons (Fsp3) is 0.385. The highest BCUT2D eigenvalue weighted by Gasteiger charge is 2.05. The van der Waals surface area contributed by atoms with E-state index in [1.165, 1.54) is 36.0 Å². The zero-order valence-electron chi connectivity index (χ0n) is 8.82. The highest BCUT2D eigenvalue weighted by molar-refractivity contribution is 9.10. The Bertz CT molecular complexity index is 340. The van der Waals surface area contributed by atoms with Crippen molar-refractivity contribution in [1.82, 2.24) is 4.90 Å². The Balaban J connectivity index is 1.89. The van der Waals surface area contributed by atoms with Crippen molar-refractivity contribution in [2.75, 3.05) is 13.1 Å². The summed E-state index contributed by atoms with van der Waals surface area (Å²) >= 11 is 3.56. The van der Waals surface area contributed by atoms with Crippen LogP contribution in [-0.2, 0) is 6.42 Å². The van der Waals surface area contributed by atoms with Crippen molar-refractivity contribution in [3.8, 4) is 0 Å². The summed E-state index contributed by atoms with van der Waals surface area (Å²) < 4.78 is 1.20. The smallest absolute Gasteiger partial charge is 0.0210 e. The minimum atomic E-state index is 1.01. The second-order valence-corrected chi connectivity index (χ2v) is 4.78. The van der Waals surface area contributed by atoms with E-state index in [1.807, 2.05) is 0 Å². The maximum absolute atomic E-state index is 3.56. The van der Waals surface area contributed by atoms with Crippen molar-refractivity contribution in [3.63, 3.8) is 0 Å². The van der Waals surface area contributed by atoms with Crippen LogP contribution >= 0.6 is 15.9 Å². The first-order valence-corrected chi connectivity index (χ1v) is 6.30. The first-order valence-electron chi connectivity index (χ1n) is 5.50. The van der Waals surface area contributed by atoms with E-state index < -0.39 is 0 Å². The predicted molar refractivity (Wildman–Crippen MR) is 67.8 cm³/mol. The van der Waals surface area contributed by atoms with Crippen molar-refractivity contribution in [3.05, 3.63) is 46.6 Å². The number of hydrogen-bond acceptors (Lipinski definition) is 1. The van der Waals surface area contributed by atoms with Gasteiger partial charge in [-0.1, -0.05) is 40.2 Å². The molecule has 1 aliphatic rings. The van der Waals surface area contributed by atoms with E-state index in [2.05, 4.69) is 57.4 Å². The third kappa shape index (κ3) is 3.10. The number of likely N-dealkylation sites (tertiary alicyclic amines) is 1. The number of rotatable bonds is 3. The van der Waals surface area contributed by atoms with Crippen LogP contribution in [0.4, 0.5) is 0 Å². The fourth-order valence-corrected chi connectivity index (χ4v) is 2.33. The van der Waals surface area contributed by atoms with Gasteiger partial charge in [0.15, 0.2) is 0 Å². The molecule has 1 nitrogen and oxygen atoms in total. The maximum Gasteiger partial charge on any atom is 0.0210 e. The van der Waals surface area contributed by atoms with E-state index >= 15 is 0 Å². The zero-order chi connectivity index (χ0) is 10.5. The molecule has 1 fully saturated rings. The van der Waals surface area contributed by atoms with Crippen LogP contribution in [0.25, 0.3) is 0 Å². The van der Waals surface area contributed by atoms with Gasteiger partial charge in [0.05, 0.1) is 0 Å². The zero-order valence-corrected chi connectivity index (χ0v) is 10.4. The van der Waals surface area contributed by atoms with Crippen LogP contribution in [0.15, 0.2) is 41.0 Å². The van der Waals surface area contributed by atoms with E-state index in [9.17, 15) is 0 Å². The topological polar surface area (TPSA) is 3.24 Å². The molecule has 0 aliphatic carbocycles. The molecule has 1 saturated heterocycles. The van der Waals surface area contributed by atoms with Gasteiger partial charge >= 0.3 is 0 Å². The van der Waals surface area contributed by atoms with Crippen molar-refractivity contribution in [1.29, 1.82) is 0 Å². The molecule has 80 valence electrons. The average molecular weight is 266 g/mol. The molecule has 0 atom stereocenters. The van der Waals surface area contributed by atoms with E-state index in [1.54, 1.807) is 0 Å². The summed E-state index contributed by atoms with van der Waals surface area (Å²) in [5.74, 6) is 0. The number of nitrogens with zero attached hydrogens (tertiary/aromatic N) is 1. The van der Waals surface area contributed by atoms with E-state index in [4.69, 9.17) is 0 Å². The number of hydrogen-bond donors (Lipinski definition) is 0. The van der Waals surface area contributed by atoms with Gasteiger partial charge in [-0.15, -0.1) is 0 Å². The Kier molecular flexibility index (Phi) is 3.84. The van der Waals surface area contributed by atoms with Crippen LogP contribution in [0.1, 0.15) is 18.4 Å². The molecule has 2 rings (SSSR count). The fourth-order valence-electron chi connectivity index (χ4n) is 1.88. The Hall–Kier alpha value is -0.760. The van der Waals surface area contributed by atoms with Crippen LogP contribution in [0.3, 0.4) is 0 Å². The lowest BCUT2D eigenvalue weighted by Gasteiger charge is -2.10. The molecule has 0 unspecified atom stereocenters. The van der Waals surface area contributed by atoms with Crippen molar-refractivity contribution in [2.24, 2.45) is 0 Å². The average Bonchev–Trinajstić information content (AvgIpc) is 2.74. The molecule has 1 aliphatic heterocycles. The summed E-state index contributed by atoms with van der Waals surface area (Å²) in [6.07, 6.45) is 8.20. The Morgan fingerprint density at radius 1 is 1.20 bits per heavy atom. The van der Waals surface area contributed by atoms with E-state index in [0.717, 1.165) is 6.42 Å². The highest BCUT2D eigenvalue weighted by atomic mass is 79.9. The van der Waals surface area contributed by atoms with E-state index in [-0.39, 0.29) is 0 Å². The lowest BCUT2D eigenvalue weighted by atomic mass is 10.1. The molecule has 0 aromatic heterocycles. The molecule has 0 amide bonds. The second kappa shape index (κ2) is 5.36. The standard InChI is InChI=1S/C13H16BrN/c14-13-8-2-1-6-12(13)7-5-11-15-9-3-4-10-15/h1-2,5-6,8,11H,3-4,7,9-10H2/b11-5+. The molecular weight excluding hydrogens is 250 g/mol. The Labute approximate surface area is 99.9 Å². The number of allylic oxidation sites excluding steroid dienone is 1. The summed E-state index contributed by atoms with van der Waals surface area (Å²) in [6.45, 7) is 2.46. The molecule has 2 heteroatoms. The van der Waals surface area contributed by atoms with Crippen molar-refractivity contribution < 1.29 is 0 Å². The van der Waals surface area contributed by atoms with Crippen LogP contribution in [-0.4, -0.2) is 18.0 Å². The molecule has 1 aromatic carbocycles. The normalized spacial score (nSPS) is 16.5. The highest BCUT2D eigenvalue weighted by Crippen LogP contribution is 2.17. The van der Waals surface area contributed by atoms with Gasteiger partial charge < -0.3 is 4.90 Å². The maximum atomic E-state index is 3.56. The van der Waals surface area contributed by atoms with E-state index in [0.29, 0.717) is 0 Å². The summed E-state index contributed by atoms with van der Waals surface area (Å²) in [4.78, 5) is 2.40. The summed E-state index contributed by atoms with van der Waals surface area (Å²) in [7, 11) is 0. The van der Waals surface area contributed by atoms with Gasteiger partial charge in [-0.25, -0.2) is 0 Å². The first-order chi connectivity index (χ1) is 7.36. The van der Waals surface area contributed by atoms with Crippen LogP contribution in [0.5, 0.6) is 0 Å². The van der Waals surface area contributed by atoms with Gasteiger partial charge in [-0.05, 0) is 37.1 Å². The second-order valence-electron chi connectivity index (χ2n) is 3.92. The largest absolute Gasteiger partial charge is 0.378 e. The van der Waals surface area contributed by atoms with Crippen molar-refractivity contribution >= 4 is 15.9 Å². The van der Waals surface area contributed by atoms with Gasteiger partial charge in [-0.2, -0.15) is 0 Å². The monoisotopic (exact) mass is 265 g/mol. The lowest BCUT2D eigenvalue weighted by molar-refractivity contribution is 0.467. The molecular formula is C13H16BrN. The Morgan fingerprint density at radius 3 is 2.67 bits per heavy atom. The summed E-state index contributed by atoms with van der Waals surface area (Å²) in [5, 5.41) is 0. The first kappa shape index (κ1) is 10.7. The van der Waals surface area contributed by atoms with Crippen LogP contribution in [0.2, 0.25) is 0 Å². The number of benzene rings is 1. The molecule has 0 N–H and O–H groups in total.